The number of halogens is 3. The molecule has 186 valence electrons. The van der Waals surface area contributed by atoms with E-state index in [9.17, 15) is 4.79 Å². The first-order valence-corrected chi connectivity index (χ1v) is 12.7. The number of benzene rings is 2. The lowest BCUT2D eigenvalue weighted by molar-refractivity contribution is -0.180. The van der Waals surface area contributed by atoms with E-state index in [1.165, 1.54) is 6.07 Å². The predicted octanol–water partition coefficient (Wildman–Crippen LogP) is 5.13. The van der Waals surface area contributed by atoms with Gasteiger partial charge >= 0.3 is 11.9 Å². The summed E-state index contributed by atoms with van der Waals surface area (Å²) in [6, 6.07) is 10.5. The Hall–Kier alpha value is -2.46. The lowest BCUT2D eigenvalue weighted by atomic mass is 10.0. The number of hydrogen-bond acceptors (Lipinski definition) is 7. The summed E-state index contributed by atoms with van der Waals surface area (Å²) in [5.41, 5.74) is 7.12. The number of alkyl halides is 2. The first-order chi connectivity index (χ1) is 16.8. The third-order valence-electron chi connectivity index (χ3n) is 6.29. The van der Waals surface area contributed by atoms with Crippen molar-refractivity contribution in [2.75, 3.05) is 32.8 Å². The largest absolute Gasteiger partial charge is 0.486 e. The van der Waals surface area contributed by atoms with E-state index in [4.69, 9.17) is 31.5 Å². The number of thiophene rings is 1. The Kier molecular flexibility index (Phi) is 6.85. The quantitative estimate of drug-likeness (QED) is 0.434. The summed E-state index contributed by atoms with van der Waals surface area (Å²) < 4.78 is 47.8. The summed E-state index contributed by atoms with van der Waals surface area (Å²) in [5, 5.41) is 0.982. The molecule has 0 saturated carbocycles. The fourth-order valence-electron chi connectivity index (χ4n) is 4.41. The SMILES string of the molecule is N[C@H](c1ccc2c(c1)OCCO2)[C@@H](CN1CCCC1)OC(=O)C(F)(F)c1cc2cc(Cl)ccc2s1. The van der Waals surface area contributed by atoms with Crippen LogP contribution >= 0.6 is 22.9 Å². The number of carbonyl (C=O) groups excluding carboxylic acids is 1. The molecule has 6 nitrogen and oxygen atoms in total. The lowest BCUT2D eigenvalue weighted by Crippen LogP contribution is -2.43. The van der Waals surface area contributed by atoms with Crippen LogP contribution in [0.4, 0.5) is 8.78 Å². The number of nitrogens with zero attached hydrogens (tertiary/aromatic N) is 1. The Balaban J connectivity index is 1.39. The minimum absolute atomic E-state index is 0.263. The third-order valence-corrected chi connectivity index (χ3v) is 7.71. The van der Waals surface area contributed by atoms with Gasteiger partial charge in [0.05, 0.1) is 10.9 Å². The van der Waals surface area contributed by atoms with Crippen molar-refractivity contribution in [3.63, 3.8) is 0 Å². The zero-order valence-electron chi connectivity index (χ0n) is 18.8. The zero-order chi connectivity index (χ0) is 24.6. The summed E-state index contributed by atoms with van der Waals surface area (Å²) in [4.78, 5) is 14.5. The molecule has 5 rings (SSSR count). The molecule has 3 aromatic rings. The molecular formula is C25H25ClF2N2O4S. The average Bonchev–Trinajstić information content (AvgIpc) is 3.52. The molecule has 2 N–H and O–H groups in total. The molecule has 1 fully saturated rings. The number of carbonyl (C=O) groups is 1. The highest BCUT2D eigenvalue weighted by molar-refractivity contribution is 7.19. The van der Waals surface area contributed by atoms with E-state index in [0.717, 1.165) is 37.3 Å². The van der Waals surface area contributed by atoms with Gasteiger partial charge in [-0.3, -0.25) is 4.90 Å². The van der Waals surface area contributed by atoms with Crippen LogP contribution in [-0.4, -0.2) is 49.8 Å². The molecule has 3 heterocycles. The van der Waals surface area contributed by atoms with Gasteiger partial charge in [0, 0.05) is 16.3 Å². The van der Waals surface area contributed by atoms with Crippen molar-refractivity contribution in [3.8, 4) is 11.5 Å². The van der Waals surface area contributed by atoms with Crippen molar-refractivity contribution < 1.29 is 27.8 Å². The van der Waals surface area contributed by atoms with Crippen LogP contribution in [0.3, 0.4) is 0 Å². The van der Waals surface area contributed by atoms with Gasteiger partial charge in [-0.2, -0.15) is 8.78 Å². The molecule has 10 heteroatoms. The maximum atomic E-state index is 15.3. The van der Waals surface area contributed by atoms with Gasteiger partial charge in [0.1, 0.15) is 19.3 Å². The smallest absolute Gasteiger partial charge is 0.383 e. The number of fused-ring (bicyclic) bond motifs is 2. The zero-order valence-corrected chi connectivity index (χ0v) is 20.4. The fourth-order valence-corrected chi connectivity index (χ4v) is 5.59. The predicted molar refractivity (Wildman–Crippen MR) is 131 cm³/mol. The summed E-state index contributed by atoms with van der Waals surface area (Å²) in [6.07, 6.45) is 1.03. The van der Waals surface area contributed by atoms with Crippen molar-refractivity contribution in [1.82, 2.24) is 4.90 Å². The van der Waals surface area contributed by atoms with Gasteiger partial charge in [-0.05, 0) is 73.3 Å². The van der Waals surface area contributed by atoms with Crippen LogP contribution in [0, 0.1) is 0 Å². The topological polar surface area (TPSA) is 74.0 Å². The van der Waals surface area contributed by atoms with Crippen LogP contribution in [0.25, 0.3) is 10.1 Å². The van der Waals surface area contributed by atoms with Gasteiger partial charge in [0.15, 0.2) is 11.5 Å². The van der Waals surface area contributed by atoms with Gasteiger partial charge in [-0.25, -0.2) is 4.79 Å². The molecule has 2 aliphatic heterocycles. The van der Waals surface area contributed by atoms with Crippen LogP contribution < -0.4 is 15.2 Å². The van der Waals surface area contributed by atoms with E-state index in [0.29, 0.717) is 45.4 Å². The van der Waals surface area contributed by atoms with E-state index in [1.54, 1.807) is 36.4 Å². The van der Waals surface area contributed by atoms with Crippen LogP contribution in [0.2, 0.25) is 5.02 Å². The Morgan fingerprint density at radius 3 is 2.63 bits per heavy atom. The first kappa shape index (κ1) is 24.2. The maximum Gasteiger partial charge on any atom is 0.383 e. The van der Waals surface area contributed by atoms with Crippen molar-refractivity contribution >= 4 is 39.0 Å². The molecule has 0 aliphatic carbocycles. The van der Waals surface area contributed by atoms with Gasteiger partial charge in [-0.15, -0.1) is 11.3 Å². The monoisotopic (exact) mass is 522 g/mol. The van der Waals surface area contributed by atoms with Gasteiger partial charge in [0.25, 0.3) is 0 Å². The van der Waals surface area contributed by atoms with Crippen molar-refractivity contribution in [2.45, 2.75) is 30.9 Å². The standard InChI is InChI=1S/C25H25ClF2N2O4S/c26-17-4-6-21-16(11-17)13-22(35-21)25(27,28)24(31)34-20(14-30-7-1-2-8-30)23(29)15-3-5-18-19(12-15)33-10-9-32-18/h3-6,11-13,20,23H,1-2,7-10,14,29H2/t20-,23-/m1/s1. The normalized spacial score (nSPS) is 17.9. The van der Waals surface area contributed by atoms with E-state index in [1.807, 2.05) is 0 Å². The Morgan fingerprint density at radius 2 is 1.86 bits per heavy atom. The number of rotatable bonds is 7. The van der Waals surface area contributed by atoms with E-state index in [-0.39, 0.29) is 6.54 Å². The number of hydrogen-bond donors (Lipinski definition) is 1. The highest BCUT2D eigenvalue weighted by atomic mass is 35.5. The van der Waals surface area contributed by atoms with Crippen LogP contribution in [-0.2, 0) is 15.5 Å². The molecule has 0 amide bonds. The van der Waals surface area contributed by atoms with Crippen LogP contribution in [0.5, 0.6) is 11.5 Å². The summed E-state index contributed by atoms with van der Waals surface area (Å²) in [7, 11) is 0. The molecule has 35 heavy (non-hydrogen) atoms. The molecule has 2 aliphatic rings. The Bertz CT molecular complexity index is 1230. The van der Waals surface area contributed by atoms with Gasteiger partial charge < -0.3 is 19.9 Å². The number of nitrogens with two attached hydrogens (primary N) is 1. The van der Waals surface area contributed by atoms with Crippen LogP contribution in [0.1, 0.15) is 29.3 Å². The molecule has 0 bridgehead atoms. The highest BCUT2D eigenvalue weighted by Gasteiger charge is 2.46. The molecule has 2 aromatic carbocycles. The maximum absolute atomic E-state index is 15.3. The summed E-state index contributed by atoms with van der Waals surface area (Å²) in [5.74, 6) is -4.32. The third kappa shape index (κ3) is 5.09. The van der Waals surface area contributed by atoms with Crippen molar-refractivity contribution in [2.24, 2.45) is 5.73 Å². The molecule has 1 aromatic heterocycles. The minimum atomic E-state index is -3.83. The minimum Gasteiger partial charge on any atom is -0.486 e. The van der Waals surface area contributed by atoms with E-state index < -0.39 is 28.9 Å². The lowest BCUT2D eigenvalue weighted by Gasteiger charge is -2.30. The second-order valence-electron chi connectivity index (χ2n) is 8.75. The highest BCUT2D eigenvalue weighted by Crippen LogP contribution is 2.40. The second-order valence-corrected chi connectivity index (χ2v) is 10.3. The molecule has 1 saturated heterocycles. The average molecular weight is 523 g/mol. The molecule has 0 radical (unpaired) electrons. The first-order valence-electron chi connectivity index (χ1n) is 11.5. The van der Waals surface area contributed by atoms with Gasteiger partial charge in [-0.1, -0.05) is 17.7 Å². The fraction of sp³-hybridized carbons (Fsp3) is 0.400. The molecule has 2 atom stereocenters. The number of likely N-dealkylation sites (tertiary alicyclic amines) is 1. The summed E-state index contributed by atoms with van der Waals surface area (Å²) >= 11 is 6.82. The van der Waals surface area contributed by atoms with E-state index >= 15 is 8.78 Å². The summed E-state index contributed by atoms with van der Waals surface area (Å²) in [6.45, 7) is 2.72. The van der Waals surface area contributed by atoms with Crippen molar-refractivity contribution in [1.29, 1.82) is 0 Å². The Labute approximate surface area is 210 Å². The number of ether oxygens (including phenoxy) is 3. The Morgan fingerprint density at radius 1 is 1.11 bits per heavy atom. The molecule has 0 unspecified atom stereocenters. The van der Waals surface area contributed by atoms with Crippen molar-refractivity contribution in [3.05, 3.63) is 57.9 Å². The van der Waals surface area contributed by atoms with E-state index in [2.05, 4.69) is 4.90 Å². The van der Waals surface area contributed by atoms with Crippen LogP contribution in [0.15, 0.2) is 42.5 Å². The molecule has 0 spiro atoms. The number of esters is 1. The second kappa shape index (κ2) is 9.89. The van der Waals surface area contributed by atoms with Gasteiger partial charge in [0.2, 0.25) is 0 Å². The molecular weight excluding hydrogens is 498 g/mol.